The van der Waals surface area contributed by atoms with Gasteiger partial charge in [-0.2, -0.15) is 0 Å². The summed E-state index contributed by atoms with van der Waals surface area (Å²) in [5, 5.41) is -0.156. The molecule has 25 heavy (non-hydrogen) atoms. The lowest BCUT2D eigenvalue weighted by Crippen LogP contribution is -2.35. The van der Waals surface area contributed by atoms with E-state index in [2.05, 4.69) is 4.98 Å². The molecule has 0 spiro atoms. The molecular weight excluding hydrogens is 341 g/mol. The Morgan fingerprint density at radius 3 is 2.44 bits per heavy atom. The molecule has 0 amide bonds. The molecule has 0 bridgehead atoms. The first-order chi connectivity index (χ1) is 11.5. The van der Waals surface area contributed by atoms with Crippen molar-refractivity contribution in [2.45, 2.75) is 46.6 Å². The molecule has 1 aromatic heterocycles. The second-order valence-corrected chi connectivity index (χ2v) is 8.09. The summed E-state index contributed by atoms with van der Waals surface area (Å²) in [6.07, 6.45) is 0.519. The molecule has 2 aromatic rings. The highest BCUT2D eigenvalue weighted by Gasteiger charge is 2.32. The monoisotopic (exact) mass is 363 g/mol. The number of carbonyl (C=O) groups excluding carboxylic acids is 1. The van der Waals surface area contributed by atoms with Gasteiger partial charge in [0.25, 0.3) is 0 Å². The van der Waals surface area contributed by atoms with Gasteiger partial charge in [-0.05, 0) is 64.8 Å². The van der Waals surface area contributed by atoms with E-state index in [-0.39, 0.29) is 11.1 Å². The number of benzene rings is 1. The largest absolute Gasteiger partial charge is 0.460 e. The van der Waals surface area contributed by atoms with Crippen LogP contribution in [0.1, 0.15) is 40.2 Å². The number of hydrogen-bond donors (Lipinski definition) is 0. The SMILES string of the molecule is CC(C)(C)OC(=O)C(C)(C)Cc1cccc(-c2ccc(F)c(Cl)n2)c1. The van der Waals surface area contributed by atoms with Gasteiger partial charge in [0, 0.05) is 5.56 Å². The third-order valence-corrected chi connectivity index (χ3v) is 3.89. The van der Waals surface area contributed by atoms with Gasteiger partial charge in [0.05, 0.1) is 11.1 Å². The zero-order valence-electron chi connectivity index (χ0n) is 15.2. The van der Waals surface area contributed by atoms with Gasteiger partial charge in [0.15, 0.2) is 11.0 Å². The average Bonchev–Trinajstić information content (AvgIpc) is 2.48. The van der Waals surface area contributed by atoms with Crippen molar-refractivity contribution in [3.8, 4) is 11.3 Å². The third-order valence-electron chi connectivity index (χ3n) is 3.62. The van der Waals surface area contributed by atoms with Crippen LogP contribution in [0.3, 0.4) is 0 Å². The van der Waals surface area contributed by atoms with Crippen LogP contribution in [0.25, 0.3) is 11.3 Å². The Labute approximate surface area is 153 Å². The Morgan fingerprint density at radius 2 is 1.84 bits per heavy atom. The number of rotatable bonds is 4. The molecule has 0 radical (unpaired) electrons. The van der Waals surface area contributed by atoms with Crippen LogP contribution in [0.15, 0.2) is 36.4 Å². The lowest BCUT2D eigenvalue weighted by atomic mass is 9.85. The van der Waals surface area contributed by atoms with E-state index in [1.807, 2.05) is 58.9 Å². The first-order valence-electron chi connectivity index (χ1n) is 8.13. The Balaban J connectivity index is 2.23. The molecule has 5 heteroatoms. The van der Waals surface area contributed by atoms with Crippen LogP contribution in [0.4, 0.5) is 4.39 Å². The van der Waals surface area contributed by atoms with E-state index in [4.69, 9.17) is 16.3 Å². The lowest BCUT2D eigenvalue weighted by Gasteiger charge is -2.28. The summed E-state index contributed by atoms with van der Waals surface area (Å²) < 4.78 is 18.8. The van der Waals surface area contributed by atoms with Gasteiger partial charge in [-0.25, -0.2) is 9.37 Å². The summed E-state index contributed by atoms with van der Waals surface area (Å²) >= 11 is 5.77. The van der Waals surface area contributed by atoms with Crippen molar-refractivity contribution in [2.75, 3.05) is 0 Å². The Morgan fingerprint density at radius 1 is 1.16 bits per heavy atom. The van der Waals surface area contributed by atoms with Crippen molar-refractivity contribution in [3.05, 3.63) is 52.9 Å². The van der Waals surface area contributed by atoms with Crippen molar-refractivity contribution in [3.63, 3.8) is 0 Å². The summed E-state index contributed by atoms with van der Waals surface area (Å²) in [7, 11) is 0. The minimum atomic E-state index is -0.667. The van der Waals surface area contributed by atoms with Crippen LogP contribution >= 0.6 is 11.6 Å². The fourth-order valence-corrected chi connectivity index (χ4v) is 2.57. The first-order valence-corrected chi connectivity index (χ1v) is 8.50. The van der Waals surface area contributed by atoms with Gasteiger partial charge in [0.2, 0.25) is 0 Å². The smallest absolute Gasteiger partial charge is 0.312 e. The van der Waals surface area contributed by atoms with Crippen LogP contribution in [0.5, 0.6) is 0 Å². The molecule has 0 saturated carbocycles. The minimum Gasteiger partial charge on any atom is -0.460 e. The number of ether oxygens (including phenoxy) is 1. The summed E-state index contributed by atoms with van der Waals surface area (Å²) in [5.74, 6) is -0.791. The van der Waals surface area contributed by atoms with Crippen LogP contribution in [0.2, 0.25) is 5.15 Å². The number of carbonyl (C=O) groups is 1. The topological polar surface area (TPSA) is 39.2 Å². The van der Waals surface area contributed by atoms with E-state index in [9.17, 15) is 9.18 Å². The van der Waals surface area contributed by atoms with E-state index < -0.39 is 16.8 Å². The molecule has 2 rings (SSSR count). The second-order valence-electron chi connectivity index (χ2n) is 7.73. The molecule has 0 unspecified atom stereocenters. The predicted octanol–water partition coefficient (Wildman–Crippen LogP) is 5.45. The summed E-state index contributed by atoms with van der Waals surface area (Å²) in [6, 6.07) is 10.5. The zero-order chi connectivity index (χ0) is 18.8. The van der Waals surface area contributed by atoms with Crippen molar-refractivity contribution in [1.82, 2.24) is 4.98 Å². The first kappa shape index (κ1) is 19.4. The van der Waals surface area contributed by atoms with Gasteiger partial charge in [-0.1, -0.05) is 29.8 Å². The van der Waals surface area contributed by atoms with Gasteiger partial charge < -0.3 is 4.74 Å². The molecule has 0 aliphatic rings. The zero-order valence-corrected chi connectivity index (χ0v) is 15.9. The highest BCUT2D eigenvalue weighted by atomic mass is 35.5. The predicted molar refractivity (Wildman–Crippen MR) is 98.0 cm³/mol. The maximum atomic E-state index is 13.3. The van der Waals surface area contributed by atoms with E-state index in [1.54, 1.807) is 6.07 Å². The number of nitrogens with zero attached hydrogens (tertiary/aromatic N) is 1. The molecule has 0 aliphatic carbocycles. The Kier molecular flexibility index (Phi) is 5.52. The highest BCUT2D eigenvalue weighted by molar-refractivity contribution is 6.29. The van der Waals surface area contributed by atoms with Crippen LogP contribution < -0.4 is 0 Å². The van der Waals surface area contributed by atoms with Crippen molar-refractivity contribution in [2.24, 2.45) is 5.41 Å². The van der Waals surface area contributed by atoms with Crippen molar-refractivity contribution < 1.29 is 13.9 Å². The molecule has 3 nitrogen and oxygen atoms in total. The maximum Gasteiger partial charge on any atom is 0.312 e. The standard InChI is InChI=1S/C20H23ClFNO2/c1-19(2,3)25-18(24)20(4,5)12-13-7-6-8-14(11-13)16-10-9-15(22)17(21)23-16/h6-11H,12H2,1-5H3. The summed E-state index contributed by atoms with van der Waals surface area (Å²) in [5.41, 5.74) is 1.18. The van der Waals surface area contributed by atoms with Gasteiger partial charge in [0.1, 0.15) is 5.60 Å². The number of pyridine rings is 1. The molecule has 0 N–H and O–H groups in total. The highest BCUT2D eigenvalue weighted by Crippen LogP contribution is 2.28. The molecule has 1 heterocycles. The number of halogens is 2. The van der Waals surface area contributed by atoms with Crippen LogP contribution in [-0.2, 0) is 16.0 Å². The molecule has 0 saturated heterocycles. The lowest BCUT2D eigenvalue weighted by molar-refractivity contribution is -0.165. The Hall–Kier alpha value is -1.94. The third kappa shape index (κ3) is 5.27. The van der Waals surface area contributed by atoms with Crippen molar-refractivity contribution in [1.29, 1.82) is 0 Å². The van der Waals surface area contributed by atoms with E-state index >= 15 is 0 Å². The van der Waals surface area contributed by atoms with Gasteiger partial charge >= 0.3 is 5.97 Å². The Bertz CT molecular complexity index is 782. The van der Waals surface area contributed by atoms with Crippen LogP contribution in [-0.4, -0.2) is 16.6 Å². The fourth-order valence-electron chi connectivity index (χ4n) is 2.42. The minimum absolute atomic E-state index is 0.156. The van der Waals surface area contributed by atoms with Crippen LogP contribution in [0, 0.1) is 11.2 Å². The maximum absolute atomic E-state index is 13.3. The molecule has 1 aromatic carbocycles. The summed E-state index contributed by atoms with van der Waals surface area (Å²) in [4.78, 5) is 16.5. The molecular formula is C20H23ClFNO2. The van der Waals surface area contributed by atoms with E-state index in [0.29, 0.717) is 12.1 Å². The van der Waals surface area contributed by atoms with Gasteiger partial charge in [-0.3, -0.25) is 4.79 Å². The quantitative estimate of drug-likeness (QED) is 0.535. The van der Waals surface area contributed by atoms with E-state index in [1.165, 1.54) is 6.07 Å². The molecule has 0 atom stereocenters. The second kappa shape index (κ2) is 7.12. The molecule has 0 aliphatic heterocycles. The van der Waals surface area contributed by atoms with Crippen molar-refractivity contribution >= 4 is 17.6 Å². The fraction of sp³-hybridized carbons (Fsp3) is 0.400. The number of hydrogen-bond acceptors (Lipinski definition) is 3. The molecule has 0 fully saturated rings. The average molecular weight is 364 g/mol. The number of esters is 1. The normalized spacial score (nSPS) is 12.1. The summed E-state index contributed by atoms with van der Waals surface area (Å²) in [6.45, 7) is 9.28. The number of aromatic nitrogens is 1. The van der Waals surface area contributed by atoms with E-state index in [0.717, 1.165) is 11.1 Å². The van der Waals surface area contributed by atoms with Gasteiger partial charge in [-0.15, -0.1) is 0 Å². The molecule has 134 valence electrons.